The Morgan fingerprint density at radius 3 is 2.26 bits per heavy atom. The van der Waals surface area contributed by atoms with E-state index in [4.69, 9.17) is 0 Å². The quantitative estimate of drug-likeness (QED) is 0.461. The van der Waals surface area contributed by atoms with Crippen LogP contribution in [0.4, 0.5) is 32.0 Å². The summed E-state index contributed by atoms with van der Waals surface area (Å²) in [6, 6.07) is 8.39. The Kier molecular flexibility index (Phi) is 5.11. The lowest BCUT2D eigenvalue weighted by Gasteiger charge is -2.13. The standard InChI is InChI=1S/C17H10F6N2OS/c18-11-7-13(12(19)6-10(11)17(21,22)23)25-27(26)14-8-24-16(15(14)20)9-4-2-1-3-5-9/h1-8,24-25H. The van der Waals surface area contributed by atoms with Crippen molar-refractivity contribution in [2.45, 2.75) is 11.1 Å². The van der Waals surface area contributed by atoms with Crippen molar-refractivity contribution in [1.29, 1.82) is 0 Å². The smallest absolute Gasteiger partial charge is 0.419 e. The van der Waals surface area contributed by atoms with Gasteiger partial charge in [-0.15, -0.1) is 0 Å². The summed E-state index contributed by atoms with van der Waals surface area (Å²) in [5, 5.41) is 0. The SMILES string of the molecule is [O-][S+](Nc1cc(F)c(C(F)(F)F)cc1F)c1c[nH]c(-c2ccccc2)c1F. The summed E-state index contributed by atoms with van der Waals surface area (Å²) < 4.78 is 93.8. The third-order valence-corrected chi connectivity index (χ3v) is 4.71. The molecule has 3 rings (SSSR count). The molecule has 2 N–H and O–H groups in total. The Bertz CT molecular complexity index is 958. The van der Waals surface area contributed by atoms with Gasteiger partial charge in [-0.2, -0.15) is 17.6 Å². The lowest BCUT2D eigenvalue weighted by atomic mass is 10.1. The van der Waals surface area contributed by atoms with Gasteiger partial charge in [-0.05, 0) is 6.07 Å². The lowest BCUT2D eigenvalue weighted by molar-refractivity contribution is -0.140. The van der Waals surface area contributed by atoms with E-state index in [2.05, 4.69) is 4.98 Å². The highest BCUT2D eigenvalue weighted by Crippen LogP contribution is 2.35. The first kappa shape index (κ1) is 19.2. The zero-order valence-electron chi connectivity index (χ0n) is 13.2. The van der Waals surface area contributed by atoms with Gasteiger partial charge in [0.15, 0.2) is 5.82 Å². The maximum absolute atomic E-state index is 14.5. The number of nitrogens with one attached hydrogen (secondary N) is 2. The van der Waals surface area contributed by atoms with Crippen molar-refractivity contribution in [2.75, 3.05) is 4.72 Å². The molecule has 27 heavy (non-hydrogen) atoms. The number of halogens is 6. The van der Waals surface area contributed by atoms with Gasteiger partial charge in [0.2, 0.25) is 10.7 Å². The van der Waals surface area contributed by atoms with Crippen molar-refractivity contribution in [2.24, 2.45) is 0 Å². The second kappa shape index (κ2) is 7.20. The average molecular weight is 404 g/mol. The molecule has 2 aromatic carbocycles. The van der Waals surface area contributed by atoms with Crippen molar-refractivity contribution in [3.8, 4) is 11.3 Å². The molecule has 0 aliphatic rings. The topological polar surface area (TPSA) is 50.9 Å². The van der Waals surface area contributed by atoms with Crippen LogP contribution in [0.2, 0.25) is 0 Å². The van der Waals surface area contributed by atoms with Gasteiger partial charge in [0.1, 0.15) is 22.9 Å². The van der Waals surface area contributed by atoms with Gasteiger partial charge in [0.25, 0.3) is 0 Å². The monoisotopic (exact) mass is 404 g/mol. The third-order valence-electron chi connectivity index (χ3n) is 3.61. The van der Waals surface area contributed by atoms with Gasteiger partial charge in [-0.3, -0.25) is 0 Å². The second-order valence-electron chi connectivity index (χ2n) is 5.39. The molecule has 1 unspecified atom stereocenters. The van der Waals surface area contributed by atoms with Gasteiger partial charge < -0.3 is 9.54 Å². The predicted octanol–water partition coefficient (Wildman–Crippen LogP) is 5.25. The van der Waals surface area contributed by atoms with Crippen molar-refractivity contribution in [3.05, 3.63) is 71.7 Å². The Balaban J connectivity index is 1.88. The van der Waals surface area contributed by atoms with Crippen LogP contribution in [-0.2, 0) is 17.5 Å². The molecule has 0 saturated carbocycles. The van der Waals surface area contributed by atoms with Crippen LogP contribution >= 0.6 is 0 Å². The number of H-pyrrole nitrogens is 1. The molecule has 0 aliphatic heterocycles. The molecule has 0 spiro atoms. The van der Waals surface area contributed by atoms with Crippen molar-refractivity contribution < 1.29 is 30.9 Å². The zero-order valence-corrected chi connectivity index (χ0v) is 14.0. The number of hydrogen-bond donors (Lipinski definition) is 2. The first-order chi connectivity index (χ1) is 12.7. The largest absolute Gasteiger partial charge is 0.588 e. The minimum atomic E-state index is -5.08. The molecule has 0 bridgehead atoms. The van der Waals surface area contributed by atoms with Crippen LogP contribution in [0.15, 0.2) is 53.6 Å². The number of hydrogen-bond acceptors (Lipinski definition) is 2. The van der Waals surface area contributed by atoms with Crippen LogP contribution in [-0.4, -0.2) is 9.54 Å². The fourth-order valence-electron chi connectivity index (χ4n) is 2.33. The van der Waals surface area contributed by atoms with Crippen LogP contribution in [0, 0.1) is 17.5 Å². The molecular formula is C17H10F6N2OS. The van der Waals surface area contributed by atoms with E-state index in [1.54, 1.807) is 30.3 Å². The molecule has 10 heteroatoms. The minimum Gasteiger partial charge on any atom is -0.588 e. The number of alkyl halides is 3. The number of aromatic nitrogens is 1. The number of rotatable bonds is 4. The number of benzene rings is 2. The molecule has 142 valence electrons. The molecule has 0 saturated heterocycles. The van der Waals surface area contributed by atoms with E-state index in [-0.39, 0.29) is 17.8 Å². The van der Waals surface area contributed by atoms with E-state index in [0.717, 1.165) is 6.20 Å². The molecule has 1 heterocycles. The van der Waals surface area contributed by atoms with Crippen molar-refractivity contribution in [3.63, 3.8) is 0 Å². The highest BCUT2D eigenvalue weighted by atomic mass is 32.2. The van der Waals surface area contributed by atoms with E-state index in [1.807, 2.05) is 4.72 Å². The summed E-state index contributed by atoms with van der Waals surface area (Å²) in [5.74, 6) is -4.11. The van der Waals surface area contributed by atoms with Crippen LogP contribution in [0.25, 0.3) is 11.3 Å². The fraction of sp³-hybridized carbons (Fsp3) is 0.0588. The summed E-state index contributed by atoms with van der Waals surface area (Å²) in [7, 11) is 0. The third kappa shape index (κ3) is 3.91. The molecule has 0 aliphatic carbocycles. The summed E-state index contributed by atoms with van der Waals surface area (Å²) >= 11 is -2.39. The van der Waals surface area contributed by atoms with Gasteiger partial charge in [-0.25, -0.2) is 13.5 Å². The van der Waals surface area contributed by atoms with Crippen LogP contribution in [0.5, 0.6) is 0 Å². The van der Waals surface area contributed by atoms with Crippen LogP contribution in [0.1, 0.15) is 5.56 Å². The minimum absolute atomic E-state index is 0.0276. The molecule has 0 fully saturated rings. The molecular weight excluding hydrogens is 394 g/mol. The van der Waals surface area contributed by atoms with E-state index in [1.165, 1.54) is 0 Å². The first-order valence-corrected chi connectivity index (χ1v) is 8.50. The first-order valence-electron chi connectivity index (χ1n) is 7.35. The highest BCUT2D eigenvalue weighted by Gasteiger charge is 2.36. The molecule has 1 aromatic heterocycles. The average Bonchev–Trinajstić information content (AvgIpc) is 2.99. The summed E-state index contributed by atoms with van der Waals surface area (Å²) in [4.78, 5) is 2.19. The molecule has 3 nitrogen and oxygen atoms in total. The van der Waals surface area contributed by atoms with Gasteiger partial charge in [0.05, 0.1) is 17.5 Å². The normalized spacial score (nSPS) is 12.9. The van der Waals surface area contributed by atoms with E-state index in [9.17, 15) is 30.9 Å². The predicted molar refractivity (Wildman–Crippen MR) is 87.6 cm³/mol. The molecule has 3 aromatic rings. The van der Waals surface area contributed by atoms with Crippen molar-refractivity contribution in [1.82, 2.24) is 4.98 Å². The summed E-state index contributed by atoms with van der Waals surface area (Å²) in [6.07, 6.45) is -4.01. The van der Waals surface area contributed by atoms with Crippen molar-refractivity contribution >= 4 is 17.0 Å². The summed E-state index contributed by atoms with van der Waals surface area (Å²) in [5.41, 5.74) is -2.10. The summed E-state index contributed by atoms with van der Waals surface area (Å²) in [6.45, 7) is 0. The Hall–Kier alpha value is -2.59. The second-order valence-corrected chi connectivity index (χ2v) is 6.57. The number of aromatic amines is 1. The Morgan fingerprint density at radius 2 is 1.63 bits per heavy atom. The maximum atomic E-state index is 14.5. The molecule has 1 atom stereocenters. The van der Waals surface area contributed by atoms with E-state index >= 15 is 0 Å². The van der Waals surface area contributed by atoms with E-state index in [0.29, 0.717) is 5.56 Å². The molecule has 0 amide bonds. The Labute approximate surface area is 152 Å². The zero-order chi connectivity index (χ0) is 19.8. The van der Waals surface area contributed by atoms with Gasteiger partial charge in [0, 0.05) is 11.6 Å². The maximum Gasteiger partial charge on any atom is 0.419 e. The van der Waals surface area contributed by atoms with Gasteiger partial charge >= 0.3 is 6.18 Å². The van der Waals surface area contributed by atoms with Crippen LogP contribution in [0.3, 0.4) is 0 Å². The highest BCUT2D eigenvalue weighted by molar-refractivity contribution is 7.92. The molecule has 0 radical (unpaired) electrons. The van der Waals surface area contributed by atoms with Crippen LogP contribution < -0.4 is 4.72 Å². The lowest BCUT2D eigenvalue weighted by Crippen LogP contribution is -2.16. The Morgan fingerprint density at radius 1 is 0.963 bits per heavy atom. The van der Waals surface area contributed by atoms with Gasteiger partial charge in [-0.1, -0.05) is 30.3 Å². The number of anilines is 1. The van der Waals surface area contributed by atoms with E-state index < -0.39 is 51.1 Å². The fourth-order valence-corrected chi connectivity index (χ4v) is 3.23.